The Morgan fingerprint density at radius 1 is 1.41 bits per heavy atom. The molecular formula is C13H11ClO2S. The van der Waals surface area contributed by atoms with E-state index in [0.29, 0.717) is 17.2 Å². The summed E-state index contributed by atoms with van der Waals surface area (Å²) in [7, 11) is 1.59. The van der Waals surface area contributed by atoms with Crippen LogP contribution in [0.25, 0.3) is 0 Å². The molecule has 17 heavy (non-hydrogen) atoms. The molecule has 0 unspecified atom stereocenters. The van der Waals surface area contributed by atoms with Crippen molar-refractivity contribution < 1.29 is 9.53 Å². The molecule has 4 heteroatoms. The number of benzene rings is 1. The number of carbonyl (C=O) groups excluding carboxylic acids is 1. The van der Waals surface area contributed by atoms with Gasteiger partial charge >= 0.3 is 0 Å². The molecule has 0 amide bonds. The molecule has 0 saturated carbocycles. The van der Waals surface area contributed by atoms with Gasteiger partial charge in [0.2, 0.25) is 0 Å². The van der Waals surface area contributed by atoms with Gasteiger partial charge in [0.15, 0.2) is 5.78 Å². The summed E-state index contributed by atoms with van der Waals surface area (Å²) in [6.45, 7) is 0. The average Bonchev–Trinajstić information content (AvgIpc) is 2.83. The fourth-order valence-electron chi connectivity index (χ4n) is 1.58. The second-order valence-electron chi connectivity index (χ2n) is 3.57. The number of thiophene rings is 1. The van der Waals surface area contributed by atoms with Gasteiger partial charge in [0.25, 0.3) is 0 Å². The second kappa shape index (κ2) is 5.34. The number of rotatable bonds is 4. The zero-order chi connectivity index (χ0) is 12.3. The van der Waals surface area contributed by atoms with Gasteiger partial charge in [-0.15, -0.1) is 0 Å². The quantitative estimate of drug-likeness (QED) is 0.786. The fraction of sp³-hybridized carbons (Fsp3) is 0.154. The lowest BCUT2D eigenvalue weighted by Gasteiger charge is -2.07. The Balaban J connectivity index is 2.23. The normalized spacial score (nSPS) is 10.2. The predicted molar refractivity (Wildman–Crippen MR) is 70.4 cm³/mol. The summed E-state index contributed by atoms with van der Waals surface area (Å²) in [5.74, 6) is 0.768. The Kier molecular flexibility index (Phi) is 3.82. The van der Waals surface area contributed by atoms with Crippen molar-refractivity contribution in [3.05, 3.63) is 51.2 Å². The molecule has 1 heterocycles. The van der Waals surface area contributed by atoms with Crippen LogP contribution in [0, 0.1) is 0 Å². The summed E-state index contributed by atoms with van der Waals surface area (Å²) >= 11 is 7.43. The molecule has 2 nitrogen and oxygen atoms in total. The highest BCUT2D eigenvalue weighted by Gasteiger charge is 2.11. The summed E-state index contributed by atoms with van der Waals surface area (Å²) < 4.78 is 5.21. The largest absolute Gasteiger partial charge is 0.496 e. The van der Waals surface area contributed by atoms with Crippen molar-refractivity contribution in [3.8, 4) is 5.75 Å². The van der Waals surface area contributed by atoms with E-state index in [2.05, 4.69) is 0 Å². The standard InChI is InChI=1S/C13H11ClO2S/c1-16-13-3-2-11(14)6-10(13)7-12(15)9-4-5-17-8-9/h2-6,8H,7H2,1H3. The molecule has 1 aromatic carbocycles. The third kappa shape index (κ3) is 2.87. The van der Waals surface area contributed by atoms with Gasteiger partial charge < -0.3 is 4.74 Å². The zero-order valence-corrected chi connectivity index (χ0v) is 10.8. The highest BCUT2D eigenvalue weighted by Crippen LogP contribution is 2.24. The number of hydrogen-bond donors (Lipinski definition) is 0. The van der Waals surface area contributed by atoms with E-state index >= 15 is 0 Å². The van der Waals surface area contributed by atoms with E-state index in [9.17, 15) is 4.79 Å². The summed E-state index contributed by atoms with van der Waals surface area (Å²) in [5.41, 5.74) is 1.55. The molecule has 0 spiro atoms. The number of halogens is 1. The van der Waals surface area contributed by atoms with Crippen LogP contribution in [0.4, 0.5) is 0 Å². The Bertz CT molecular complexity index is 520. The van der Waals surface area contributed by atoms with Crippen LogP contribution in [0.2, 0.25) is 5.02 Å². The molecule has 0 fully saturated rings. The van der Waals surface area contributed by atoms with Crippen molar-refractivity contribution in [1.82, 2.24) is 0 Å². The number of hydrogen-bond acceptors (Lipinski definition) is 3. The van der Waals surface area contributed by atoms with Crippen LogP contribution in [0.3, 0.4) is 0 Å². The molecule has 0 atom stereocenters. The van der Waals surface area contributed by atoms with Crippen molar-refractivity contribution in [2.24, 2.45) is 0 Å². The molecule has 88 valence electrons. The number of Topliss-reactive ketones (excluding diaryl/α,β-unsaturated/α-hetero) is 1. The van der Waals surface area contributed by atoms with Crippen molar-refractivity contribution in [3.63, 3.8) is 0 Å². The van der Waals surface area contributed by atoms with E-state index in [1.807, 2.05) is 16.8 Å². The van der Waals surface area contributed by atoms with Gasteiger partial charge in [-0.05, 0) is 29.6 Å². The first-order valence-corrected chi connectivity index (χ1v) is 6.40. The van der Waals surface area contributed by atoms with Gasteiger partial charge in [-0.1, -0.05) is 11.6 Å². The highest BCUT2D eigenvalue weighted by atomic mass is 35.5. The first-order chi connectivity index (χ1) is 8.20. The zero-order valence-electron chi connectivity index (χ0n) is 9.27. The van der Waals surface area contributed by atoms with Crippen LogP contribution in [0.5, 0.6) is 5.75 Å². The van der Waals surface area contributed by atoms with Crippen LogP contribution in [0.1, 0.15) is 15.9 Å². The molecule has 0 radical (unpaired) electrons. The first kappa shape index (κ1) is 12.1. The van der Waals surface area contributed by atoms with Crippen molar-refractivity contribution in [2.45, 2.75) is 6.42 Å². The van der Waals surface area contributed by atoms with E-state index in [1.54, 1.807) is 25.3 Å². The molecule has 0 aliphatic rings. The summed E-state index contributed by atoms with van der Waals surface area (Å²) in [5, 5.41) is 4.35. The molecular weight excluding hydrogens is 256 g/mol. The topological polar surface area (TPSA) is 26.3 Å². The fourth-order valence-corrected chi connectivity index (χ4v) is 2.44. The third-order valence-corrected chi connectivity index (χ3v) is 3.35. The molecule has 0 saturated heterocycles. The van der Waals surface area contributed by atoms with E-state index in [-0.39, 0.29) is 5.78 Å². The number of carbonyl (C=O) groups is 1. The molecule has 1 aromatic heterocycles. The average molecular weight is 267 g/mol. The minimum Gasteiger partial charge on any atom is -0.496 e. The maximum absolute atomic E-state index is 12.0. The van der Waals surface area contributed by atoms with Crippen LogP contribution >= 0.6 is 22.9 Å². The second-order valence-corrected chi connectivity index (χ2v) is 4.78. The Morgan fingerprint density at radius 2 is 2.24 bits per heavy atom. The monoisotopic (exact) mass is 266 g/mol. The van der Waals surface area contributed by atoms with Gasteiger partial charge in [-0.2, -0.15) is 11.3 Å². The Hall–Kier alpha value is -1.32. The maximum Gasteiger partial charge on any atom is 0.168 e. The molecule has 0 aliphatic carbocycles. The summed E-state index contributed by atoms with van der Waals surface area (Å²) in [6, 6.07) is 7.12. The molecule has 0 aliphatic heterocycles. The van der Waals surface area contributed by atoms with E-state index < -0.39 is 0 Å². The maximum atomic E-state index is 12.0. The van der Waals surface area contributed by atoms with Gasteiger partial charge in [-0.3, -0.25) is 4.79 Å². The van der Waals surface area contributed by atoms with Crippen molar-refractivity contribution in [1.29, 1.82) is 0 Å². The van der Waals surface area contributed by atoms with Gasteiger partial charge in [0, 0.05) is 28.0 Å². The number of ether oxygens (including phenoxy) is 1. The lowest BCUT2D eigenvalue weighted by Crippen LogP contribution is -2.03. The van der Waals surface area contributed by atoms with E-state index in [1.165, 1.54) is 11.3 Å². The summed E-state index contributed by atoms with van der Waals surface area (Å²) in [4.78, 5) is 12.0. The molecule has 0 N–H and O–H groups in total. The third-order valence-electron chi connectivity index (χ3n) is 2.44. The smallest absolute Gasteiger partial charge is 0.168 e. The predicted octanol–water partition coefficient (Wildman–Crippen LogP) is 3.84. The lowest BCUT2D eigenvalue weighted by molar-refractivity contribution is 0.0992. The Labute approximate surface area is 109 Å². The molecule has 2 aromatic rings. The van der Waals surface area contributed by atoms with Crippen LogP contribution < -0.4 is 4.74 Å². The highest BCUT2D eigenvalue weighted by molar-refractivity contribution is 7.08. The van der Waals surface area contributed by atoms with E-state index in [0.717, 1.165) is 11.1 Å². The molecule has 2 rings (SSSR count). The first-order valence-electron chi connectivity index (χ1n) is 5.08. The van der Waals surface area contributed by atoms with Crippen LogP contribution in [0.15, 0.2) is 35.0 Å². The number of ketones is 1. The minimum atomic E-state index is 0.0758. The Morgan fingerprint density at radius 3 is 2.88 bits per heavy atom. The summed E-state index contributed by atoms with van der Waals surface area (Å²) in [6.07, 6.45) is 0.306. The van der Waals surface area contributed by atoms with Gasteiger partial charge in [-0.25, -0.2) is 0 Å². The van der Waals surface area contributed by atoms with Gasteiger partial charge in [0.05, 0.1) is 7.11 Å². The van der Waals surface area contributed by atoms with Crippen molar-refractivity contribution in [2.75, 3.05) is 7.11 Å². The van der Waals surface area contributed by atoms with Gasteiger partial charge in [0.1, 0.15) is 5.75 Å². The van der Waals surface area contributed by atoms with Crippen LogP contribution in [-0.4, -0.2) is 12.9 Å². The minimum absolute atomic E-state index is 0.0758. The molecule has 0 bridgehead atoms. The van der Waals surface area contributed by atoms with E-state index in [4.69, 9.17) is 16.3 Å². The van der Waals surface area contributed by atoms with Crippen LogP contribution in [-0.2, 0) is 6.42 Å². The lowest BCUT2D eigenvalue weighted by atomic mass is 10.0. The SMILES string of the molecule is COc1ccc(Cl)cc1CC(=O)c1ccsc1. The number of methoxy groups -OCH3 is 1. The van der Waals surface area contributed by atoms with Crippen molar-refractivity contribution >= 4 is 28.7 Å².